The van der Waals surface area contributed by atoms with Crippen molar-refractivity contribution < 1.29 is 19.4 Å². The predicted molar refractivity (Wildman–Crippen MR) is 75.5 cm³/mol. The maximum Gasteiger partial charge on any atom is 0.339 e. The van der Waals surface area contributed by atoms with E-state index < -0.39 is 5.97 Å². The summed E-state index contributed by atoms with van der Waals surface area (Å²) >= 11 is 6.01. The highest BCUT2D eigenvalue weighted by Gasteiger charge is 2.32. The van der Waals surface area contributed by atoms with Crippen molar-refractivity contribution in [1.82, 2.24) is 0 Å². The molecule has 0 heterocycles. The van der Waals surface area contributed by atoms with E-state index in [-0.39, 0.29) is 28.2 Å². The molecule has 2 rings (SSSR count). The number of aromatic carboxylic acids is 1. The first kappa shape index (κ1) is 14.7. The van der Waals surface area contributed by atoms with Crippen LogP contribution in [0, 0.1) is 11.8 Å². The van der Waals surface area contributed by atoms with Crippen molar-refractivity contribution in [3.63, 3.8) is 0 Å². The maximum atomic E-state index is 12.0. The maximum absolute atomic E-state index is 12.0. The van der Waals surface area contributed by atoms with Gasteiger partial charge in [-0.25, -0.2) is 4.79 Å². The molecule has 1 amide bonds. The van der Waals surface area contributed by atoms with Crippen LogP contribution < -0.4 is 10.1 Å². The Bertz CT molecular complexity index is 554. The van der Waals surface area contributed by atoms with Gasteiger partial charge in [-0.05, 0) is 24.8 Å². The topological polar surface area (TPSA) is 75.6 Å². The molecule has 0 saturated heterocycles. The minimum atomic E-state index is -1.13. The van der Waals surface area contributed by atoms with Crippen LogP contribution in [0.4, 0.5) is 5.69 Å². The molecule has 0 aromatic heterocycles. The van der Waals surface area contributed by atoms with Crippen LogP contribution in [0.3, 0.4) is 0 Å². The Hall–Kier alpha value is -1.75. The van der Waals surface area contributed by atoms with E-state index in [1.54, 1.807) is 0 Å². The zero-order valence-electron chi connectivity index (χ0n) is 11.3. The first-order chi connectivity index (χ1) is 9.43. The van der Waals surface area contributed by atoms with Gasteiger partial charge < -0.3 is 15.2 Å². The van der Waals surface area contributed by atoms with E-state index >= 15 is 0 Å². The number of carbonyl (C=O) groups is 2. The second-order valence-electron chi connectivity index (χ2n) is 4.95. The van der Waals surface area contributed by atoms with Gasteiger partial charge in [0.1, 0.15) is 11.3 Å². The Labute approximate surface area is 121 Å². The summed E-state index contributed by atoms with van der Waals surface area (Å²) in [5, 5.41) is 11.9. The average Bonchev–Trinajstić information content (AvgIpc) is 3.23. The lowest BCUT2D eigenvalue weighted by Gasteiger charge is -2.14. The molecule has 1 aromatic rings. The van der Waals surface area contributed by atoms with E-state index in [1.807, 2.05) is 6.92 Å². The monoisotopic (exact) mass is 297 g/mol. The number of methoxy groups -OCH3 is 1. The molecule has 1 aromatic carbocycles. The van der Waals surface area contributed by atoms with Gasteiger partial charge in [-0.1, -0.05) is 18.5 Å². The van der Waals surface area contributed by atoms with Crippen LogP contribution in [-0.4, -0.2) is 24.1 Å². The van der Waals surface area contributed by atoms with Gasteiger partial charge >= 0.3 is 5.97 Å². The number of amides is 1. The summed E-state index contributed by atoms with van der Waals surface area (Å²) in [6, 6.07) is 2.71. The number of halogens is 1. The normalized spacial score (nSPS) is 15.6. The second-order valence-corrected chi connectivity index (χ2v) is 5.36. The molecule has 1 atom stereocenters. The summed E-state index contributed by atoms with van der Waals surface area (Å²) in [5.74, 6) is -0.714. The van der Waals surface area contributed by atoms with Gasteiger partial charge in [0.05, 0.1) is 17.8 Å². The van der Waals surface area contributed by atoms with Gasteiger partial charge in [0.2, 0.25) is 5.91 Å². The summed E-state index contributed by atoms with van der Waals surface area (Å²) in [6.07, 6.45) is 2.15. The van der Waals surface area contributed by atoms with Gasteiger partial charge in [-0.2, -0.15) is 0 Å². The van der Waals surface area contributed by atoms with Crippen molar-refractivity contribution in [2.75, 3.05) is 12.4 Å². The van der Waals surface area contributed by atoms with Gasteiger partial charge in [0.15, 0.2) is 0 Å². The standard InChI is InChI=1S/C14H16ClNO4/c1-7(8-3-4-8)13(17)16-11-6-12(20-2)9(14(18)19)5-10(11)15/h5-8H,3-4H2,1-2H3,(H,16,17)(H,18,19). The Balaban J connectivity index is 2.23. The summed E-state index contributed by atoms with van der Waals surface area (Å²) in [5.41, 5.74) is 0.330. The molecular weight excluding hydrogens is 282 g/mol. The molecule has 1 unspecified atom stereocenters. The zero-order chi connectivity index (χ0) is 14.9. The van der Waals surface area contributed by atoms with Crippen LogP contribution in [0.15, 0.2) is 12.1 Å². The quantitative estimate of drug-likeness (QED) is 0.876. The molecule has 20 heavy (non-hydrogen) atoms. The van der Waals surface area contributed by atoms with Crippen molar-refractivity contribution in [2.45, 2.75) is 19.8 Å². The number of ether oxygens (including phenoxy) is 1. The lowest BCUT2D eigenvalue weighted by Crippen LogP contribution is -2.22. The third-order valence-electron chi connectivity index (χ3n) is 3.52. The van der Waals surface area contributed by atoms with Crippen molar-refractivity contribution in [2.24, 2.45) is 11.8 Å². The minimum Gasteiger partial charge on any atom is -0.496 e. The van der Waals surface area contributed by atoms with E-state index in [9.17, 15) is 9.59 Å². The first-order valence-electron chi connectivity index (χ1n) is 6.35. The van der Waals surface area contributed by atoms with Crippen molar-refractivity contribution in [1.29, 1.82) is 0 Å². The summed E-state index contributed by atoms with van der Waals surface area (Å²) in [6.45, 7) is 1.88. The number of anilines is 1. The number of hydrogen-bond donors (Lipinski definition) is 2. The molecule has 0 radical (unpaired) electrons. The van der Waals surface area contributed by atoms with Crippen molar-refractivity contribution >= 4 is 29.2 Å². The number of carboxylic acid groups (broad SMARTS) is 1. The molecule has 2 N–H and O–H groups in total. The lowest BCUT2D eigenvalue weighted by atomic mass is 10.1. The fraction of sp³-hybridized carbons (Fsp3) is 0.429. The molecule has 1 aliphatic carbocycles. The summed E-state index contributed by atoms with van der Waals surface area (Å²) in [4.78, 5) is 23.1. The largest absolute Gasteiger partial charge is 0.496 e. The molecule has 108 valence electrons. The second kappa shape index (κ2) is 5.71. The minimum absolute atomic E-state index is 0.0364. The number of benzene rings is 1. The number of hydrogen-bond acceptors (Lipinski definition) is 3. The lowest BCUT2D eigenvalue weighted by molar-refractivity contribution is -0.119. The molecule has 5 nitrogen and oxygen atoms in total. The van der Waals surface area contributed by atoms with E-state index in [2.05, 4.69) is 5.32 Å². The molecule has 6 heteroatoms. The number of nitrogens with one attached hydrogen (secondary N) is 1. The molecule has 0 aliphatic heterocycles. The van der Waals surface area contributed by atoms with Crippen molar-refractivity contribution in [3.05, 3.63) is 22.7 Å². The fourth-order valence-corrected chi connectivity index (χ4v) is 2.25. The molecule has 1 aliphatic rings. The highest BCUT2D eigenvalue weighted by molar-refractivity contribution is 6.34. The average molecular weight is 298 g/mol. The molecule has 0 bridgehead atoms. The fourth-order valence-electron chi connectivity index (χ4n) is 2.04. The van der Waals surface area contributed by atoms with E-state index in [4.69, 9.17) is 21.4 Å². The van der Waals surface area contributed by atoms with Crippen molar-refractivity contribution in [3.8, 4) is 5.75 Å². The smallest absolute Gasteiger partial charge is 0.339 e. The van der Waals surface area contributed by atoms with Gasteiger partial charge in [-0.15, -0.1) is 0 Å². The summed E-state index contributed by atoms with van der Waals surface area (Å²) < 4.78 is 5.01. The Morgan fingerprint density at radius 2 is 2.10 bits per heavy atom. The highest BCUT2D eigenvalue weighted by atomic mass is 35.5. The van der Waals surface area contributed by atoms with E-state index in [0.29, 0.717) is 11.6 Å². The summed E-state index contributed by atoms with van der Waals surface area (Å²) in [7, 11) is 1.37. The van der Waals surface area contributed by atoms with Crippen LogP contribution in [0.25, 0.3) is 0 Å². The van der Waals surface area contributed by atoms with Crippen LogP contribution in [0.1, 0.15) is 30.1 Å². The highest BCUT2D eigenvalue weighted by Crippen LogP contribution is 2.38. The number of rotatable bonds is 5. The Kier molecular flexibility index (Phi) is 4.18. The van der Waals surface area contributed by atoms with E-state index in [1.165, 1.54) is 19.2 Å². The molecule has 1 fully saturated rings. The van der Waals surface area contributed by atoms with Crippen LogP contribution in [0.2, 0.25) is 5.02 Å². The Morgan fingerprint density at radius 3 is 2.60 bits per heavy atom. The van der Waals surface area contributed by atoms with Crippen LogP contribution in [0.5, 0.6) is 5.75 Å². The third kappa shape index (κ3) is 3.04. The van der Waals surface area contributed by atoms with Crippen LogP contribution >= 0.6 is 11.6 Å². The van der Waals surface area contributed by atoms with Crippen LogP contribution in [-0.2, 0) is 4.79 Å². The third-order valence-corrected chi connectivity index (χ3v) is 3.83. The van der Waals surface area contributed by atoms with Gasteiger partial charge in [0.25, 0.3) is 0 Å². The molecular formula is C14H16ClNO4. The Morgan fingerprint density at radius 1 is 1.45 bits per heavy atom. The molecule has 1 saturated carbocycles. The first-order valence-corrected chi connectivity index (χ1v) is 6.73. The SMILES string of the molecule is COc1cc(NC(=O)C(C)C2CC2)c(Cl)cc1C(=O)O. The van der Waals surface area contributed by atoms with E-state index in [0.717, 1.165) is 12.8 Å². The van der Waals surface area contributed by atoms with Gasteiger partial charge in [-0.3, -0.25) is 4.79 Å². The predicted octanol–water partition coefficient (Wildman–Crippen LogP) is 3.03. The number of carbonyl (C=O) groups excluding carboxylic acids is 1. The van der Waals surface area contributed by atoms with Gasteiger partial charge in [0, 0.05) is 12.0 Å². The zero-order valence-corrected chi connectivity index (χ0v) is 12.0. The molecule has 0 spiro atoms. The number of carboxylic acids is 1.